The van der Waals surface area contributed by atoms with Crippen molar-refractivity contribution in [2.75, 3.05) is 5.73 Å². The van der Waals surface area contributed by atoms with Crippen LogP contribution in [-0.2, 0) is 0 Å². The molecule has 0 bridgehead atoms. The van der Waals surface area contributed by atoms with Crippen LogP contribution in [0.15, 0.2) is 16.7 Å². The highest BCUT2D eigenvalue weighted by molar-refractivity contribution is 9.10. The summed E-state index contributed by atoms with van der Waals surface area (Å²) in [6.45, 7) is -2.20. The van der Waals surface area contributed by atoms with Crippen LogP contribution in [0.4, 0.5) is 5.69 Å². The van der Waals surface area contributed by atoms with Gasteiger partial charge in [-0.2, -0.15) is 0 Å². The lowest BCUT2D eigenvalue weighted by Gasteiger charge is -1.94. The van der Waals surface area contributed by atoms with Crippen LogP contribution in [0, 0.1) is 6.85 Å². The van der Waals surface area contributed by atoms with Gasteiger partial charge in [0.2, 0.25) is 0 Å². The molecule has 0 unspecified atom stereocenters. The highest BCUT2D eigenvalue weighted by Crippen LogP contribution is 2.11. The predicted molar refractivity (Wildman–Crippen MR) is 41.1 cm³/mol. The Balaban J connectivity index is 3.18. The van der Waals surface area contributed by atoms with Gasteiger partial charge >= 0.3 is 0 Å². The Kier molecular flexibility index (Phi) is 0.931. The molecular formula is C6H7BrN2. The molecule has 0 aliphatic rings. The van der Waals surface area contributed by atoms with Gasteiger partial charge in [-0.15, -0.1) is 0 Å². The predicted octanol–water partition coefficient (Wildman–Crippen LogP) is 1.73. The number of pyridine rings is 1. The van der Waals surface area contributed by atoms with Crippen molar-refractivity contribution in [3.63, 3.8) is 0 Å². The van der Waals surface area contributed by atoms with E-state index in [1.54, 1.807) is 6.07 Å². The molecule has 0 amide bonds. The average Bonchev–Trinajstić information content (AvgIpc) is 1.82. The van der Waals surface area contributed by atoms with Crippen molar-refractivity contribution in [1.82, 2.24) is 4.98 Å². The first-order valence-electron chi connectivity index (χ1n) is 3.83. The maximum atomic E-state index is 7.06. The van der Waals surface area contributed by atoms with E-state index in [0.717, 1.165) is 0 Å². The van der Waals surface area contributed by atoms with E-state index in [9.17, 15) is 0 Å². The Morgan fingerprint density at radius 2 is 2.56 bits per heavy atom. The fraction of sp³-hybridized carbons (Fsp3) is 0.167. The fourth-order valence-electron chi connectivity index (χ4n) is 0.517. The zero-order valence-corrected chi connectivity index (χ0v) is 6.14. The van der Waals surface area contributed by atoms with Gasteiger partial charge in [-0.25, -0.2) is 4.98 Å². The van der Waals surface area contributed by atoms with Crippen LogP contribution in [0.5, 0.6) is 0 Å². The molecule has 2 N–H and O–H groups in total. The van der Waals surface area contributed by atoms with Crippen molar-refractivity contribution >= 4 is 21.6 Å². The third-order valence-electron chi connectivity index (χ3n) is 0.816. The number of hydrogen-bond donors (Lipinski definition) is 1. The molecule has 0 saturated carbocycles. The van der Waals surface area contributed by atoms with Gasteiger partial charge in [0.15, 0.2) is 0 Å². The molecule has 0 fully saturated rings. The first kappa shape index (κ1) is 3.56. The van der Waals surface area contributed by atoms with Crippen LogP contribution in [0.1, 0.15) is 9.81 Å². The van der Waals surface area contributed by atoms with Gasteiger partial charge in [0, 0.05) is 15.5 Å². The number of aryl methyl sites for hydroxylation is 1. The molecule has 48 valence electrons. The summed E-state index contributed by atoms with van der Waals surface area (Å²) in [5.41, 5.74) is 5.84. The van der Waals surface area contributed by atoms with Crippen molar-refractivity contribution in [3.05, 3.63) is 22.4 Å². The monoisotopic (exact) mass is 189 g/mol. The fourth-order valence-corrected chi connectivity index (χ4v) is 0.972. The molecule has 3 heteroatoms. The normalized spacial score (nSPS) is 15.9. The number of aromatic nitrogens is 1. The van der Waals surface area contributed by atoms with Gasteiger partial charge in [-0.05, 0) is 34.9 Å². The summed E-state index contributed by atoms with van der Waals surface area (Å²) in [6, 6.07) is 2.90. The number of nitrogen functional groups attached to an aromatic ring is 1. The number of nitrogens with two attached hydrogens (primary N) is 1. The van der Waals surface area contributed by atoms with Gasteiger partial charge < -0.3 is 5.73 Å². The Hall–Kier alpha value is -0.570. The average molecular weight is 190 g/mol. The smallest absolute Gasteiger partial charge is 0.108 e. The van der Waals surface area contributed by atoms with Crippen molar-refractivity contribution < 1.29 is 4.11 Å². The van der Waals surface area contributed by atoms with E-state index < -0.39 is 6.85 Å². The molecule has 0 aliphatic carbocycles. The van der Waals surface area contributed by atoms with E-state index in [-0.39, 0.29) is 5.69 Å². The van der Waals surface area contributed by atoms with Crippen LogP contribution < -0.4 is 5.73 Å². The number of anilines is 1. The highest BCUT2D eigenvalue weighted by Gasteiger charge is 1.90. The maximum absolute atomic E-state index is 7.06. The number of halogens is 1. The van der Waals surface area contributed by atoms with Crippen LogP contribution in [0.3, 0.4) is 0 Å². The van der Waals surface area contributed by atoms with Gasteiger partial charge in [-0.3, -0.25) is 0 Å². The van der Waals surface area contributed by atoms with Gasteiger partial charge in [0.05, 0.1) is 0 Å². The molecule has 1 rings (SSSR count). The second kappa shape index (κ2) is 2.35. The molecule has 0 aromatic carbocycles. The third kappa shape index (κ3) is 1.68. The Labute approximate surface area is 66.4 Å². The standard InChI is InChI=1S/C6H7BrN2/c1-4-2-5(8)3-6(7)9-4/h2-3H,1H3,(H2,8,9)/i1D3. The maximum Gasteiger partial charge on any atom is 0.108 e. The van der Waals surface area contributed by atoms with Crippen molar-refractivity contribution in [3.8, 4) is 0 Å². The van der Waals surface area contributed by atoms with Crippen LogP contribution in [0.25, 0.3) is 0 Å². The molecule has 0 radical (unpaired) electrons. The summed E-state index contributed by atoms with van der Waals surface area (Å²) in [6.07, 6.45) is 0. The molecule has 1 aromatic rings. The topological polar surface area (TPSA) is 38.9 Å². The first-order chi connectivity index (χ1) is 5.39. The molecular weight excluding hydrogens is 180 g/mol. The Bertz CT molecular complexity index is 277. The lowest BCUT2D eigenvalue weighted by atomic mass is 10.3. The van der Waals surface area contributed by atoms with Gasteiger partial charge in [0.1, 0.15) is 4.60 Å². The minimum absolute atomic E-state index is 0.00868. The zero-order valence-electron chi connectivity index (χ0n) is 7.56. The van der Waals surface area contributed by atoms with Crippen molar-refractivity contribution in [1.29, 1.82) is 0 Å². The second-order valence-electron chi connectivity index (χ2n) is 1.61. The van der Waals surface area contributed by atoms with Crippen molar-refractivity contribution in [2.45, 2.75) is 6.85 Å². The van der Waals surface area contributed by atoms with E-state index in [1.807, 2.05) is 0 Å². The van der Waals surface area contributed by atoms with Crippen LogP contribution in [0.2, 0.25) is 0 Å². The van der Waals surface area contributed by atoms with Crippen molar-refractivity contribution in [2.24, 2.45) is 0 Å². The summed E-state index contributed by atoms with van der Waals surface area (Å²) in [7, 11) is 0. The highest BCUT2D eigenvalue weighted by atomic mass is 79.9. The molecule has 0 saturated heterocycles. The van der Waals surface area contributed by atoms with E-state index in [4.69, 9.17) is 9.85 Å². The van der Waals surface area contributed by atoms with E-state index in [2.05, 4.69) is 20.9 Å². The van der Waals surface area contributed by atoms with E-state index in [1.165, 1.54) is 6.07 Å². The molecule has 1 aromatic heterocycles. The van der Waals surface area contributed by atoms with E-state index >= 15 is 0 Å². The quantitative estimate of drug-likeness (QED) is 0.632. The number of hydrogen-bond acceptors (Lipinski definition) is 2. The van der Waals surface area contributed by atoms with E-state index in [0.29, 0.717) is 10.3 Å². The molecule has 9 heavy (non-hydrogen) atoms. The Morgan fingerprint density at radius 1 is 1.78 bits per heavy atom. The Morgan fingerprint density at radius 3 is 3.11 bits per heavy atom. The first-order valence-corrected chi connectivity index (χ1v) is 3.12. The summed E-state index contributed by atoms with van der Waals surface area (Å²) in [5.74, 6) is 0. The summed E-state index contributed by atoms with van der Waals surface area (Å²) >= 11 is 3.06. The van der Waals surface area contributed by atoms with Crippen LogP contribution >= 0.6 is 15.9 Å². The summed E-state index contributed by atoms with van der Waals surface area (Å²) < 4.78 is 21.6. The minimum atomic E-state index is -2.20. The lowest BCUT2D eigenvalue weighted by molar-refractivity contribution is 1.17. The number of nitrogens with zero attached hydrogens (tertiary/aromatic N) is 1. The minimum Gasteiger partial charge on any atom is -0.399 e. The molecule has 0 spiro atoms. The molecule has 2 nitrogen and oxygen atoms in total. The van der Waals surface area contributed by atoms with Gasteiger partial charge in [-0.1, -0.05) is 0 Å². The largest absolute Gasteiger partial charge is 0.399 e. The molecule has 1 heterocycles. The third-order valence-corrected chi connectivity index (χ3v) is 1.22. The van der Waals surface area contributed by atoms with Gasteiger partial charge in [0.25, 0.3) is 0 Å². The van der Waals surface area contributed by atoms with Crippen LogP contribution in [-0.4, -0.2) is 4.98 Å². The zero-order chi connectivity index (χ0) is 9.35. The summed E-state index contributed by atoms with van der Waals surface area (Å²) in [5, 5.41) is 0. The lowest BCUT2D eigenvalue weighted by Crippen LogP contribution is -1.88. The summed E-state index contributed by atoms with van der Waals surface area (Å²) in [4.78, 5) is 3.78. The second-order valence-corrected chi connectivity index (χ2v) is 2.42. The molecule has 0 aliphatic heterocycles. The SMILES string of the molecule is [2H]C([2H])([2H])c1cc(N)cc(Br)n1. The number of rotatable bonds is 0. The molecule has 0 atom stereocenters.